The number of benzene rings is 3. The maximum Gasteiger partial charge on any atom is 0.0469 e. The van der Waals surface area contributed by atoms with Crippen LogP contribution in [0.5, 0.6) is 0 Å². The Morgan fingerprint density at radius 3 is 1.47 bits per heavy atom. The van der Waals surface area contributed by atoms with Crippen LogP contribution in [0.3, 0.4) is 0 Å². The molecule has 0 saturated heterocycles. The van der Waals surface area contributed by atoms with Crippen LogP contribution in [0.15, 0.2) is 66.7 Å². The molecule has 0 heterocycles. The van der Waals surface area contributed by atoms with E-state index >= 15 is 0 Å². The molecule has 32 heavy (non-hydrogen) atoms. The zero-order chi connectivity index (χ0) is 23.6. The minimum Gasteiger partial charge on any atom is -0.0843 e. The van der Waals surface area contributed by atoms with E-state index in [2.05, 4.69) is 90.9 Å². The summed E-state index contributed by atoms with van der Waals surface area (Å²) in [6, 6.07) is 22.8. The summed E-state index contributed by atoms with van der Waals surface area (Å²) in [6.45, 7) is 17.2. The molecule has 0 spiro atoms. The maximum atomic E-state index is 6.09. The highest BCUT2D eigenvalue weighted by molar-refractivity contribution is 6.32. The van der Waals surface area contributed by atoms with Crippen LogP contribution in [-0.2, 0) is 0 Å². The van der Waals surface area contributed by atoms with E-state index in [1.807, 2.05) is 31.2 Å². The van der Waals surface area contributed by atoms with Crippen molar-refractivity contribution in [2.24, 2.45) is 0 Å². The molecule has 0 atom stereocenters. The molecule has 3 aromatic carbocycles. The van der Waals surface area contributed by atoms with Crippen LogP contribution in [0.4, 0.5) is 0 Å². The van der Waals surface area contributed by atoms with Crippen molar-refractivity contribution in [2.45, 2.75) is 80.6 Å². The van der Waals surface area contributed by atoms with Crippen LogP contribution in [0.1, 0.15) is 94.5 Å². The fourth-order valence-corrected chi connectivity index (χ4v) is 3.55. The molecule has 0 fully saturated rings. The highest BCUT2D eigenvalue weighted by Crippen LogP contribution is 2.26. The standard InChI is InChI=1S/C10H13Cl.C10H14.C9H11Cl.CH4/c1-7(2)9-6-4-5-8(3)10(9)11;1-8(2)10-6-4-5-9(3)7-10;1-7(2)8-4-3-5-9(10)6-8;/h4-7H,1-3H3;4-8H,1-3H3;3-7H,1-2H3;1H4. The summed E-state index contributed by atoms with van der Waals surface area (Å²) in [5, 5.41) is 1.74. The molecule has 0 unspecified atom stereocenters. The molecule has 0 aliphatic rings. The van der Waals surface area contributed by atoms with Crippen LogP contribution in [0.25, 0.3) is 0 Å². The topological polar surface area (TPSA) is 0 Å². The van der Waals surface area contributed by atoms with Crippen molar-refractivity contribution in [2.75, 3.05) is 0 Å². The SMILES string of the molecule is C.CC(C)c1cccc(Cl)c1.Cc1cccc(C(C)C)c1.Cc1cccc(C(C)C)c1Cl. The van der Waals surface area contributed by atoms with Gasteiger partial charge in [-0.1, -0.05) is 132 Å². The van der Waals surface area contributed by atoms with Crippen molar-refractivity contribution in [3.8, 4) is 0 Å². The second-order valence-corrected chi connectivity index (χ2v) is 9.73. The normalized spacial score (nSPS) is 10.2. The Kier molecular flexibility index (Phi) is 14.3. The molecule has 0 radical (unpaired) electrons. The summed E-state index contributed by atoms with van der Waals surface area (Å²) in [5.41, 5.74) is 6.49. The first-order chi connectivity index (χ1) is 14.5. The van der Waals surface area contributed by atoms with E-state index in [1.165, 1.54) is 22.3 Å². The number of aryl methyl sites for hydroxylation is 2. The zero-order valence-corrected chi connectivity index (χ0v) is 21.9. The summed E-state index contributed by atoms with van der Waals surface area (Å²) in [5.74, 6) is 1.74. The number of halogens is 2. The van der Waals surface area contributed by atoms with Gasteiger partial charge in [-0.05, 0) is 66.0 Å². The van der Waals surface area contributed by atoms with Gasteiger partial charge >= 0.3 is 0 Å². The second-order valence-electron chi connectivity index (χ2n) is 8.91. The zero-order valence-electron chi connectivity index (χ0n) is 20.3. The van der Waals surface area contributed by atoms with Gasteiger partial charge in [0, 0.05) is 10.0 Å². The van der Waals surface area contributed by atoms with E-state index < -0.39 is 0 Å². The summed E-state index contributed by atoms with van der Waals surface area (Å²) in [4.78, 5) is 0. The molecule has 0 aromatic heterocycles. The van der Waals surface area contributed by atoms with E-state index in [0.717, 1.165) is 15.6 Å². The van der Waals surface area contributed by atoms with Gasteiger partial charge in [0.25, 0.3) is 0 Å². The number of hydrogen-bond acceptors (Lipinski definition) is 0. The molecule has 0 bridgehead atoms. The maximum absolute atomic E-state index is 6.09. The molecule has 2 heteroatoms. The molecule has 0 nitrogen and oxygen atoms in total. The average molecular weight is 474 g/mol. The lowest BCUT2D eigenvalue weighted by Gasteiger charge is -2.08. The first-order valence-electron chi connectivity index (χ1n) is 11.1. The molecule has 0 amide bonds. The Hall–Kier alpha value is -1.76. The lowest BCUT2D eigenvalue weighted by molar-refractivity contribution is 0.865. The fraction of sp³-hybridized carbons (Fsp3) is 0.400. The number of rotatable bonds is 3. The van der Waals surface area contributed by atoms with Gasteiger partial charge in [-0.3, -0.25) is 0 Å². The summed E-state index contributed by atoms with van der Waals surface area (Å²) in [7, 11) is 0. The third-order valence-electron chi connectivity index (χ3n) is 5.07. The molecule has 3 rings (SSSR count). The molecule has 0 saturated carbocycles. The molecular weight excluding hydrogens is 431 g/mol. The van der Waals surface area contributed by atoms with Crippen LogP contribution >= 0.6 is 23.2 Å². The Labute approximate surface area is 208 Å². The first-order valence-corrected chi connectivity index (χ1v) is 11.9. The van der Waals surface area contributed by atoms with E-state index in [4.69, 9.17) is 23.2 Å². The third-order valence-corrected chi connectivity index (χ3v) is 5.82. The minimum atomic E-state index is 0. The molecule has 0 N–H and O–H groups in total. The molecule has 176 valence electrons. The Morgan fingerprint density at radius 1 is 0.594 bits per heavy atom. The molecule has 0 aliphatic heterocycles. The first kappa shape index (κ1) is 30.2. The van der Waals surface area contributed by atoms with Crippen molar-refractivity contribution in [1.29, 1.82) is 0 Å². The van der Waals surface area contributed by atoms with Gasteiger partial charge in [-0.15, -0.1) is 0 Å². The van der Waals surface area contributed by atoms with E-state index in [9.17, 15) is 0 Å². The van der Waals surface area contributed by atoms with Gasteiger partial charge in [0.15, 0.2) is 0 Å². The average Bonchev–Trinajstić information content (AvgIpc) is 2.71. The number of hydrogen-bond donors (Lipinski definition) is 0. The Morgan fingerprint density at radius 2 is 1.09 bits per heavy atom. The monoisotopic (exact) mass is 472 g/mol. The largest absolute Gasteiger partial charge is 0.0843 e. The fourth-order valence-electron chi connectivity index (χ4n) is 3.01. The van der Waals surface area contributed by atoms with Gasteiger partial charge in [-0.25, -0.2) is 0 Å². The van der Waals surface area contributed by atoms with Crippen molar-refractivity contribution < 1.29 is 0 Å². The summed E-state index contributed by atoms with van der Waals surface area (Å²) >= 11 is 11.9. The van der Waals surface area contributed by atoms with Crippen molar-refractivity contribution in [3.05, 3.63) is 105 Å². The van der Waals surface area contributed by atoms with Crippen LogP contribution in [-0.4, -0.2) is 0 Å². The highest BCUT2D eigenvalue weighted by Gasteiger charge is 2.05. The van der Waals surface area contributed by atoms with Gasteiger partial charge < -0.3 is 0 Å². The minimum absolute atomic E-state index is 0. The van der Waals surface area contributed by atoms with Gasteiger partial charge in [0.2, 0.25) is 0 Å². The van der Waals surface area contributed by atoms with Crippen LogP contribution < -0.4 is 0 Å². The predicted octanol–water partition coefficient (Wildman–Crippen LogP) is 11.0. The smallest absolute Gasteiger partial charge is 0.0469 e. The van der Waals surface area contributed by atoms with Gasteiger partial charge in [0.05, 0.1) is 0 Å². The van der Waals surface area contributed by atoms with Gasteiger partial charge in [-0.2, -0.15) is 0 Å². The van der Waals surface area contributed by atoms with Crippen molar-refractivity contribution in [3.63, 3.8) is 0 Å². The van der Waals surface area contributed by atoms with Crippen LogP contribution in [0.2, 0.25) is 10.0 Å². The van der Waals surface area contributed by atoms with E-state index in [0.29, 0.717) is 17.8 Å². The lowest BCUT2D eigenvalue weighted by Crippen LogP contribution is -1.89. The summed E-state index contributed by atoms with van der Waals surface area (Å²) < 4.78 is 0. The molecule has 3 aromatic rings. The third kappa shape index (κ3) is 10.7. The van der Waals surface area contributed by atoms with E-state index in [1.54, 1.807) is 0 Å². The predicted molar refractivity (Wildman–Crippen MR) is 148 cm³/mol. The Bertz CT molecular complexity index is 874. The lowest BCUT2D eigenvalue weighted by atomic mass is 10.0. The quantitative estimate of drug-likeness (QED) is 0.355. The Balaban J connectivity index is 0.000000444. The molecule has 0 aliphatic carbocycles. The van der Waals surface area contributed by atoms with Crippen molar-refractivity contribution in [1.82, 2.24) is 0 Å². The highest BCUT2D eigenvalue weighted by atomic mass is 35.5. The van der Waals surface area contributed by atoms with Crippen molar-refractivity contribution >= 4 is 23.2 Å². The van der Waals surface area contributed by atoms with Crippen LogP contribution in [0, 0.1) is 13.8 Å². The second kappa shape index (κ2) is 15.1. The summed E-state index contributed by atoms with van der Waals surface area (Å²) in [6.07, 6.45) is 0. The van der Waals surface area contributed by atoms with E-state index in [-0.39, 0.29) is 7.43 Å². The van der Waals surface area contributed by atoms with Gasteiger partial charge in [0.1, 0.15) is 0 Å². The molecular formula is C30H42Cl2.